The van der Waals surface area contributed by atoms with Crippen LogP contribution in [0, 0.1) is 0 Å². The monoisotopic (exact) mass is 326 g/mol. The highest BCUT2D eigenvalue weighted by molar-refractivity contribution is 5.94. The van der Waals surface area contributed by atoms with Crippen molar-refractivity contribution in [3.8, 4) is 0 Å². The number of amides is 1. The first-order chi connectivity index (χ1) is 11.6. The highest BCUT2D eigenvalue weighted by Gasteiger charge is 2.09. The zero-order valence-electron chi connectivity index (χ0n) is 14.6. The van der Waals surface area contributed by atoms with Gasteiger partial charge in [0.05, 0.1) is 11.3 Å². The van der Waals surface area contributed by atoms with Crippen molar-refractivity contribution in [2.45, 2.75) is 19.4 Å². The Morgan fingerprint density at radius 3 is 2.67 bits per heavy atom. The van der Waals surface area contributed by atoms with E-state index >= 15 is 0 Å². The topological polar surface area (TPSA) is 57.3 Å². The van der Waals surface area contributed by atoms with Gasteiger partial charge in [-0.2, -0.15) is 0 Å². The van der Waals surface area contributed by atoms with E-state index in [1.54, 1.807) is 12.4 Å². The first-order valence-electron chi connectivity index (χ1n) is 8.25. The normalized spacial score (nSPS) is 12.0. The molecule has 1 aromatic heterocycles. The van der Waals surface area contributed by atoms with Crippen molar-refractivity contribution >= 4 is 11.6 Å². The highest BCUT2D eigenvalue weighted by atomic mass is 16.1. The molecule has 128 valence electrons. The van der Waals surface area contributed by atoms with Crippen LogP contribution in [-0.4, -0.2) is 43.0 Å². The minimum Gasteiger partial charge on any atom is -0.377 e. The van der Waals surface area contributed by atoms with E-state index in [1.165, 1.54) is 5.56 Å². The molecule has 0 aliphatic carbocycles. The molecule has 1 heterocycles. The van der Waals surface area contributed by atoms with Crippen LogP contribution in [0.3, 0.4) is 0 Å². The van der Waals surface area contributed by atoms with Gasteiger partial charge in [-0.1, -0.05) is 30.3 Å². The number of nitrogens with zero attached hydrogens (tertiary/aromatic N) is 2. The third-order valence-electron chi connectivity index (χ3n) is 3.75. The molecule has 1 amide bonds. The molecule has 0 saturated carbocycles. The van der Waals surface area contributed by atoms with E-state index in [0.29, 0.717) is 12.1 Å². The number of hydrogen-bond donors (Lipinski definition) is 2. The Labute approximate surface area is 144 Å². The number of anilines is 1. The fourth-order valence-electron chi connectivity index (χ4n) is 2.42. The first kappa shape index (κ1) is 17.9. The standard InChI is InChI=1S/C19H26N4O/c1-15(16-8-5-4-6-9-16)22-18-12-17(13-20-14-18)19(24)21-10-7-11-23(2)3/h4-6,8-9,12-15,22H,7,10-11H2,1-3H3,(H,21,24). The number of nitrogens with one attached hydrogen (secondary N) is 2. The fourth-order valence-corrected chi connectivity index (χ4v) is 2.42. The second-order valence-corrected chi connectivity index (χ2v) is 6.15. The van der Waals surface area contributed by atoms with E-state index in [2.05, 4.69) is 39.6 Å². The van der Waals surface area contributed by atoms with Crippen LogP contribution in [0.2, 0.25) is 0 Å². The molecule has 0 bridgehead atoms. The molecule has 1 aromatic carbocycles. The second-order valence-electron chi connectivity index (χ2n) is 6.15. The largest absolute Gasteiger partial charge is 0.377 e. The minimum atomic E-state index is -0.0859. The van der Waals surface area contributed by atoms with Crippen LogP contribution in [0.15, 0.2) is 48.8 Å². The summed E-state index contributed by atoms with van der Waals surface area (Å²) in [6.07, 6.45) is 4.26. The molecule has 2 N–H and O–H groups in total. The Bertz CT molecular complexity index is 643. The molecule has 0 aliphatic heterocycles. The quantitative estimate of drug-likeness (QED) is 0.732. The maximum atomic E-state index is 12.2. The Hall–Kier alpha value is -2.40. The van der Waals surface area contributed by atoms with Crippen molar-refractivity contribution in [1.82, 2.24) is 15.2 Å². The summed E-state index contributed by atoms with van der Waals surface area (Å²) >= 11 is 0. The van der Waals surface area contributed by atoms with Crippen molar-refractivity contribution in [3.63, 3.8) is 0 Å². The number of hydrogen-bond acceptors (Lipinski definition) is 4. The molecule has 0 aliphatic rings. The maximum absolute atomic E-state index is 12.2. The van der Waals surface area contributed by atoms with Gasteiger partial charge in [0, 0.05) is 25.0 Å². The molecular weight excluding hydrogens is 300 g/mol. The highest BCUT2D eigenvalue weighted by Crippen LogP contribution is 2.19. The third-order valence-corrected chi connectivity index (χ3v) is 3.75. The summed E-state index contributed by atoms with van der Waals surface area (Å²) in [5, 5.41) is 6.32. The Morgan fingerprint density at radius 1 is 1.21 bits per heavy atom. The number of carbonyl (C=O) groups excluding carboxylic acids is 1. The Morgan fingerprint density at radius 2 is 1.96 bits per heavy atom. The number of carbonyl (C=O) groups is 1. The van der Waals surface area contributed by atoms with Crippen LogP contribution in [0.1, 0.15) is 35.3 Å². The van der Waals surface area contributed by atoms with E-state index in [-0.39, 0.29) is 11.9 Å². The molecule has 0 saturated heterocycles. The molecule has 0 radical (unpaired) electrons. The van der Waals surface area contributed by atoms with Gasteiger partial charge in [0.2, 0.25) is 0 Å². The SMILES string of the molecule is CC(Nc1cncc(C(=O)NCCCN(C)C)c1)c1ccccc1. The zero-order valence-corrected chi connectivity index (χ0v) is 14.6. The van der Waals surface area contributed by atoms with Crippen LogP contribution in [0.25, 0.3) is 0 Å². The summed E-state index contributed by atoms with van der Waals surface area (Å²) in [7, 11) is 4.05. The lowest BCUT2D eigenvalue weighted by molar-refractivity contribution is 0.0952. The molecule has 1 atom stereocenters. The van der Waals surface area contributed by atoms with E-state index < -0.39 is 0 Å². The van der Waals surface area contributed by atoms with Gasteiger partial charge in [0.1, 0.15) is 0 Å². The average Bonchev–Trinajstić information content (AvgIpc) is 2.59. The lowest BCUT2D eigenvalue weighted by atomic mass is 10.1. The molecule has 2 rings (SSSR count). The van der Waals surface area contributed by atoms with Crippen molar-refractivity contribution in [3.05, 3.63) is 59.9 Å². The van der Waals surface area contributed by atoms with Gasteiger partial charge in [0.25, 0.3) is 5.91 Å². The molecule has 2 aromatic rings. The van der Waals surface area contributed by atoms with Crippen LogP contribution < -0.4 is 10.6 Å². The smallest absolute Gasteiger partial charge is 0.252 e. The Kier molecular flexibility index (Phi) is 6.75. The van der Waals surface area contributed by atoms with Gasteiger partial charge < -0.3 is 15.5 Å². The Balaban J connectivity index is 1.92. The van der Waals surface area contributed by atoms with Crippen molar-refractivity contribution in [2.75, 3.05) is 32.5 Å². The second kappa shape index (κ2) is 9.03. The summed E-state index contributed by atoms with van der Waals surface area (Å²) in [5.74, 6) is -0.0859. The van der Waals surface area contributed by atoms with E-state index in [0.717, 1.165) is 18.7 Å². The number of rotatable bonds is 8. The summed E-state index contributed by atoms with van der Waals surface area (Å²) in [6.45, 7) is 3.70. The van der Waals surface area contributed by atoms with Crippen LogP contribution in [-0.2, 0) is 0 Å². The number of pyridine rings is 1. The molecule has 0 spiro atoms. The summed E-state index contributed by atoms with van der Waals surface area (Å²) in [6, 6.07) is 12.2. The lowest BCUT2D eigenvalue weighted by Crippen LogP contribution is -2.27. The summed E-state index contributed by atoms with van der Waals surface area (Å²) in [5.41, 5.74) is 2.61. The minimum absolute atomic E-state index is 0.0859. The molecule has 5 heteroatoms. The maximum Gasteiger partial charge on any atom is 0.252 e. The number of aromatic nitrogens is 1. The zero-order chi connectivity index (χ0) is 17.4. The van der Waals surface area contributed by atoms with Crippen molar-refractivity contribution in [2.24, 2.45) is 0 Å². The molecule has 24 heavy (non-hydrogen) atoms. The molecule has 0 fully saturated rings. The van der Waals surface area contributed by atoms with E-state index in [4.69, 9.17) is 0 Å². The number of benzene rings is 1. The van der Waals surface area contributed by atoms with Gasteiger partial charge in [-0.3, -0.25) is 9.78 Å². The summed E-state index contributed by atoms with van der Waals surface area (Å²) in [4.78, 5) is 18.5. The van der Waals surface area contributed by atoms with Gasteiger partial charge in [-0.05, 0) is 45.6 Å². The fraction of sp³-hybridized carbons (Fsp3) is 0.368. The van der Waals surface area contributed by atoms with Crippen molar-refractivity contribution in [1.29, 1.82) is 0 Å². The molecular formula is C19H26N4O. The van der Waals surface area contributed by atoms with Gasteiger partial charge in [-0.25, -0.2) is 0 Å². The van der Waals surface area contributed by atoms with Gasteiger partial charge in [0.15, 0.2) is 0 Å². The van der Waals surface area contributed by atoms with Crippen LogP contribution in [0.4, 0.5) is 5.69 Å². The lowest BCUT2D eigenvalue weighted by Gasteiger charge is -2.16. The molecule has 5 nitrogen and oxygen atoms in total. The average molecular weight is 326 g/mol. The molecule has 1 unspecified atom stereocenters. The first-order valence-corrected chi connectivity index (χ1v) is 8.25. The van der Waals surface area contributed by atoms with Gasteiger partial charge in [-0.15, -0.1) is 0 Å². The van der Waals surface area contributed by atoms with Gasteiger partial charge >= 0.3 is 0 Å². The van der Waals surface area contributed by atoms with Crippen molar-refractivity contribution < 1.29 is 4.79 Å². The predicted molar refractivity (Wildman–Crippen MR) is 98.2 cm³/mol. The van der Waals surface area contributed by atoms with E-state index in [1.807, 2.05) is 38.4 Å². The van der Waals surface area contributed by atoms with E-state index in [9.17, 15) is 4.79 Å². The summed E-state index contributed by atoms with van der Waals surface area (Å²) < 4.78 is 0. The predicted octanol–water partition coefficient (Wildman–Crippen LogP) is 2.94. The van der Waals surface area contributed by atoms with Crippen LogP contribution in [0.5, 0.6) is 0 Å². The third kappa shape index (κ3) is 5.66. The van der Waals surface area contributed by atoms with Crippen LogP contribution >= 0.6 is 0 Å².